The first-order chi connectivity index (χ1) is 27.8. The topological polar surface area (TPSA) is 146 Å². The fraction of sp³-hybridized carbons (Fsp3) is 0.457. The van der Waals surface area contributed by atoms with E-state index in [0.717, 1.165) is 94.6 Å². The number of nitrogens with zero attached hydrogens (tertiary/aromatic N) is 4. The Morgan fingerprint density at radius 3 is 2.14 bits per heavy atom. The Kier molecular flexibility index (Phi) is 9.36. The van der Waals surface area contributed by atoms with Crippen LogP contribution < -0.4 is 5.32 Å². The van der Waals surface area contributed by atoms with E-state index >= 15 is 0 Å². The zero-order chi connectivity index (χ0) is 40.5. The summed E-state index contributed by atoms with van der Waals surface area (Å²) in [7, 11) is 1.31. The molecule has 2 aromatic heterocycles. The van der Waals surface area contributed by atoms with Gasteiger partial charge in [0.2, 0.25) is 5.91 Å². The second-order valence-corrected chi connectivity index (χ2v) is 18.3. The molecule has 3 aromatic carbocycles. The molecule has 1 spiro atoms. The minimum absolute atomic E-state index is 0.0961. The first-order valence-electron chi connectivity index (χ1n) is 20.7. The lowest BCUT2D eigenvalue weighted by Crippen LogP contribution is -2.51. The number of ether oxygens (including phenoxy) is 2. The van der Waals surface area contributed by atoms with Gasteiger partial charge in [-0.15, -0.1) is 0 Å². The van der Waals surface area contributed by atoms with Crippen molar-refractivity contribution in [2.45, 2.75) is 103 Å². The van der Waals surface area contributed by atoms with E-state index in [1.54, 1.807) is 0 Å². The molecule has 4 fully saturated rings. The zero-order valence-corrected chi connectivity index (χ0v) is 34.2. The number of carbonyl (C=O) groups is 3. The number of nitrogens with one attached hydrogen (secondary N) is 3. The number of methoxy groups -OCH3 is 1. The first-order valence-corrected chi connectivity index (χ1v) is 20.7. The molecule has 3 amide bonds. The number of fused-ring (bicyclic) bond motifs is 3. The molecular weight excluding hydrogens is 731 g/mol. The third kappa shape index (κ3) is 7.11. The molecule has 0 radical (unpaired) electrons. The average molecular weight is 784 g/mol. The highest BCUT2D eigenvalue weighted by atomic mass is 16.6. The maximum atomic E-state index is 13.9. The Morgan fingerprint density at radius 2 is 1.47 bits per heavy atom. The lowest BCUT2D eigenvalue weighted by atomic mass is 9.98. The van der Waals surface area contributed by atoms with E-state index in [-0.39, 0.29) is 41.5 Å². The second-order valence-electron chi connectivity index (χ2n) is 18.3. The van der Waals surface area contributed by atoms with Crippen LogP contribution in [-0.4, -0.2) is 79.2 Å². The van der Waals surface area contributed by atoms with Crippen molar-refractivity contribution >= 4 is 28.9 Å². The molecule has 58 heavy (non-hydrogen) atoms. The number of rotatable bonds is 8. The molecule has 2 saturated heterocycles. The zero-order valence-electron chi connectivity index (χ0n) is 34.2. The Bertz CT molecular complexity index is 2370. The third-order valence-electron chi connectivity index (χ3n) is 12.8. The molecule has 5 aromatic rings. The van der Waals surface area contributed by atoms with Gasteiger partial charge in [0.05, 0.1) is 43.0 Å². The number of imidazole rings is 2. The summed E-state index contributed by atoms with van der Waals surface area (Å²) in [5.74, 6) is 1.78. The van der Waals surface area contributed by atoms with Gasteiger partial charge in [0.25, 0.3) is 0 Å². The van der Waals surface area contributed by atoms with Gasteiger partial charge in [-0.25, -0.2) is 19.6 Å². The summed E-state index contributed by atoms with van der Waals surface area (Å²) in [4.78, 5) is 59.8. The van der Waals surface area contributed by atoms with E-state index in [1.165, 1.54) is 7.11 Å². The van der Waals surface area contributed by atoms with Gasteiger partial charge in [-0.05, 0) is 116 Å². The number of alkyl carbamates (subject to hydrolysis) is 1. The minimum atomic E-state index is -0.678. The lowest BCUT2D eigenvalue weighted by Gasteiger charge is -2.35. The Balaban J connectivity index is 0.897. The molecule has 302 valence electrons. The molecule has 3 N–H and O–H groups in total. The Morgan fingerprint density at radius 1 is 0.845 bits per heavy atom. The smallest absolute Gasteiger partial charge is 0.411 e. The summed E-state index contributed by atoms with van der Waals surface area (Å²) in [6.07, 6.45) is 9.02. The number of benzene rings is 3. The van der Waals surface area contributed by atoms with Crippen LogP contribution in [0.25, 0.3) is 44.4 Å². The number of aromatic amines is 2. The molecular formula is C46H53N7O5. The molecule has 12 heteroatoms. The number of carbonyl (C=O) groups excluding carboxylic acids is 3. The number of H-pyrrole nitrogens is 2. The van der Waals surface area contributed by atoms with Crippen LogP contribution in [0.1, 0.15) is 96.9 Å². The number of aromatic nitrogens is 4. The van der Waals surface area contributed by atoms with E-state index < -0.39 is 17.7 Å². The molecule has 2 bridgehead atoms. The van der Waals surface area contributed by atoms with Gasteiger partial charge in [-0.2, -0.15) is 0 Å². The lowest BCUT2D eigenvalue weighted by molar-refractivity contribution is -0.135. The van der Waals surface area contributed by atoms with Gasteiger partial charge >= 0.3 is 12.2 Å². The predicted octanol–water partition coefficient (Wildman–Crippen LogP) is 9.18. The van der Waals surface area contributed by atoms with Crippen molar-refractivity contribution in [1.82, 2.24) is 35.1 Å². The van der Waals surface area contributed by atoms with Crippen molar-refractivity contribution in [3.8, 4) is 33.6 Å². The maximum Gasteiger partial charge on any atom is 0.411 e. The molecule has 5 atom stereocenters. The van der Waals surface area contributed by atoms with E-state index in [4.69, 9.17) is 19.4 Å². The summed E-state index contributed by atoms with van der Waals surface area (Å²) in [5.41, 5.74) is 5.70. The minimum Gasteiger partial charge on any atom is -0.453 e. The highest BCUT2D eigenvalue weighted by molar-refractivity contribution is 5.91. The molecule has 4 heterocycles. The Labute approximate surface area is 339 Å². The summed E-state index contributed by atoms with van der Waals surface area (Å²) < 4.78 is 10.6. The molecule has 1 unspecified atom stereocenters. The monoisotopic (exact) mass is 783 g/mol. The number of hydrogen-bond acceptors (Lipinski definition) is 7. The van der Waals surface area contributed by atoms with E-state index in [9.17, 15) is 14.4 Å². The van der Waals surface area contributed by atoms with Gasteiger partial charge in [0, 0.05) is 18.2 Å². The van der Waals surface area contributed by atoms with Crippen molar-refractivity contribution in [3.63, 3.8) is 0 Å². The highest BCUT2D eigenvalue weighted by Crippen LogP contribution is 2.58. The predicted molar refractivity (Wildman–Crippen MR) is 221 cm³/mol. The number of amides is 3. The van der Waals surface area contributed by atoms with Crippen LogP contribution in [-0.2, 0) is 14.3 Å². The summed E-state index contributed by atoms with van der Waals surface area (Å²) >= 11 is 0. The van der Waals surface area contributed by atoms with Crippen LogP contribution in [0.4, 0.5) is 9.59 Å². The van der Waals surface area contributed by atoms with Crippen LogP contribution in [0, 0.1) is 17.3 Å². The normalized spacial score (nSPS) is 22.5. The Hall–Kier alpha value is -5.65. The van der Waals surface area contributed by atoms with E-state index in [0.29, 0.717) is 12.5 Å². The van der Waals surface area contributed by atoms with E-state index in [2.05, 4.69) is 75.9 Å². The van der Waals surface area contributed by atoms with Gasteiger partial charge in [0.15, 0.2) is 0 Å². The quantitative estimate of drug-likeness (QED) is 0.142. The maximum absolute atomic E-state index is 13.9. The fourth-order valence-electron chi connectivity index (χ4n) is 9.59. The standard InChI is InChI=1S/C46H53N7O5/c1-26(2)38(51-43(55)57-6)42(54)52-25-46(17-18-46)22-37(52)40-47-24-36(49-40)32-14-13-30-19-29(11-12-31(30)20-32)27-7-9-28(10-8-27)35-23-48-41(50-35)39-33-15-16-34(21-33)53(39)44(56)58-45(3,4)5/h7-14,19-20,23-24,26,33-34,37-39H,15-18,21-22,25H2,1-6H3,(H,47,49)(H,48,50)(H,51,55)/t33-,34?,37-,38-,39-/m0/s1. The first kappa shape index (κ1) is 37.9. The van der Waals surface area contributed by atoms with Gasteiger partial charge < -0.3 is 29.7 Å². The average Bonchev–Trinajstić information content (AvgIpc) is 3.83. The van der Waals surface area contributed by atoms with Crippen LogP contribution in [0.5, 0.6) is 0 Å². The van der Waals surface area contributed by atoms with Crippen LogP contribution in [0.3, 0.4) is 0 Å². The number of hydrogen-bond donors (Lipinski definition) is 3. The van der Waals surface area contributed by atoms with Crippen molar-refractivity contribution < 1.29 is 23.9 Å². The van der Waals surface area contributed by atoms with Gasteiger partial charge in [-0.3, -0.25) is 9.69 Å². The number of piperidine rings is 1. The van der Waals surface area contributed by atoms with Crippen molar-refractivity contribution in [2.75, 3.05) is 13.7 Å². The van der Waals surface area contributed by atoms with Crippen LogP contribution >= 0.6 is 0 Å². The van der Waals surface area contributed by atoms with Crippen molar-refractivity contribution in [3.05, 3.63) is 84.7 Å². The molecule has 2 aliphatic heterocycles. The molecule has 2 saturated carbocycles. The summed E-state index contributed by atoms with van der Waals surface area (Å²) in [5, 5.41) is 5.00. The third-order valence-corrected chi connectivity index (χ3v) is 12.8. The molecule has 9 rings (SSSR count). The molecule has 2 aliphatic carbocycles. The van der Waals surface area contributed by atoms with Gasteiger partial charge in [0.1, 0.15) is 23.3 Å². The van der Waals surface area contributed by atoms with Crippen molar-refractivity contribution in [2.24, 2.45) is 17.3 Å². The SMILES string of the molecule is COC(=O)N[C@H](C(=O)N1CC2(CC2)C[C@H]1c1ncc(-c2ccc3cc(-c4ccc(-c5cnc([C@@H]6[C@H]7CCC(C7)N6C(=O)OC(C)(C)C)[nH]5)cc4)ccc3c2)[nH]1)C(C)C. The second kappa shape index (κ2) is 14.3. The summed E-state index contributed by atoms with van der Waals surface area (Å²) in [6.45, 7) is 10.3. The summed E-state index contributed by atoms with van der Waals surface area (Å²) in [6, 6.07) is 20.7. The molecule has 4 aliphatic rings. The number of likely N-dealkylation sites (tertiary alicyclic amines) is 2. The van der Waals surface area contributed by atoms with Crippen LogP contribution in [0.15, 0.2) is 73.1 Å². The fourth-order valence-corrected chi connectivity index (χ4v) is 9.59. The van der Waals surface area contributed by atoms with Gasteiger partial charge in [-0.1, -0.05) is 62.4 Å². The highest BCUT2D eigenvalue weighted by Gasteiger charge is 2.55. The largest absolute Gasteiger partial charge is 0.453 e. The molecule has 12 nitrogen and oxygen atoms in total. The van der Waals surface area contributed by atoms with Crippen LogP contribution in [0.2, 0.25) is 0 Å². The van der Waals surface area contributed by atoms with E-state index in [1.807, 2.05) is 56.8 Å². The van der Waals surface area contributed by atoms with Crippen molar-refractivity contribution in [1.29, 1.82) is 0 Å².